The van der Waals surface area contributed by atoms with Crippen molar-refractivity contribution in [3.05, 3.63) is 28.7 Å². The molecule has 13 nitrogen and oxygen atoms in total. The molecule has 1 aromatic heterocycles. The van der Waals surface area contributed by atoms with Crippen molar-refractivity contribution in [1.82, 2.24) is 19.8 Å². The van der Waals surface area contributed by atoms with Crippen LogP contribution in [0.2, 0.25) is 0 Å². The third-order valence-electron chi connectivity index (χ3n) is 5.74. The van der Waals surface area contributed by atoms with Crippen LogP contribution in [0.1, 0.15) is 39.7 Å². The highest BCUT2D eigenvalue weighted by Crippen LogP contribution is 2.25. The first-order chi connectivity index (χ1) is 18.6. The zero-order valence-electron chi connectivity index (χ0n) is 22.9. The number of alkyl carbamates (subject to hydrolysis) is 1. The van der Waals surface area contributed by atoms with Crippen molar-refractivity contribution in [2.75, 3.05) is 52.8 Å². The maximum Gasteiger partial charge on any atom is 0.407 e. The number of nitrogens with zero attached hydrogens (tertiary/aromatic N) is 2. The minimum absolute atomic E-state index is 0.189. The largest absolute Gasteiger partial charge is 0.491 e. The summed E-state index contributed by atoms with van der Waals surface area (Å²) < 4.78 is 30.1. The van der Waals surface area contributed by atoms with E-state index >= 15 is 0 Å². The zero-order valence-corrected chi connectivity index (χ0v) is 22.9. The summed E-state index contributed by atoms with van der Waals surface area (Å²) in [7, 11) is 1.63. The van der Waals surface area contributed by atoms with E-state index in [0.29, 0.717) is 69.6 Å². The van der Waals surface area contributed by atoms with E-state index in [4.69, 9.17) is 23.7 Å². The number of piperidine rings is 1. The molecule has 216 valence electrons. The maximum atomic E-state index is 12.8. The number of carbonyl (C=O) groups excluding carboxylic acids is 3. The normalized spacial score (nSPS) is 15.8. The average Bonchev–Trinajstić information content (AvgIpc) is 3.10. The number of ether oxygens (including phenoxy) is 5. The molecule has 1 unspecified atom stereocenters. The molecule has 0 spiro atoms. The second-order valence-electron chi connectivity index (χ2n) is 9.94. The summed E-state index contributed by atoms with van der Waals surface area (Å²) >= 11 is 0. The minimum Gasteiger partial charge on any atom is -0.491 e. The molecule has 2 N–H and O–H groups in total. The maximum absolute atomic E-state index is 12.8. The van der Waals surface area contributed by atoms with Crippen molar-refractivity contribution in [2.45, 2.75) is 45.3 Å². The van der Waals surface area contributed by atoms with Crippen LogP contribution < -0.4 is 21.1 Å². The van der Waals surface area contributed by atoms with Crippen LogP contribution in [0.15, 0.2) is 23.0 Å². The molecule has 0 radical (unpaired) electrons. The number of carbonyl (C=O) groups is 3. The van der Waals surface area contributed by atoms with Crippen LogP contribution in [0.5, 0.6) is 5.75 Å². The molecule has 1 atom stereocenters. The van der Waals surface area contributed by atoms with Gasteiger partial charge in [0.25, 0.3) is 0 Å². The lowest BCUT2D eigenvalue weighted by Gasteiger charge is -2.21. The molecule has 1 aromatic carbocycles. The molecule has 2 aromatic rings. The highest BCUT2D eigenvalue weighted by Gasteiger charge is 2.31. The third-order valence-corrected chi connectivity index (χ3v) is 5.74. The lowest BCUT2D eigenvalue weighted by Crippen LogP contribution is -2.44. The van der Waals surface area contributed by atoms with Gasteiger partial charge in [-0.3, -0.25) is 24.0 Å². The molecule has 1 aliphatic heterocycles. The van der Waals surface area contributed by atoms with E-state index in [1.807, 2.05) is 0 Å². The fourth-order valence-corrected chi connectivity index (χ4v) is 3.96. The number of amides is 3. The summed E-state index contributed by atoms with van der Waals surface area (Å²) in [5.74, 6) is -0.233. The fraction of sp³-hybridized carbons (Fsp3) is 0.615. The molecule has 1 saturated heterocycles. The molecule has 2 heterocycles. The number of fused-ring (bicyclic) bond motifs is 1. The van der Waals surface area contributed by atoms with E-state index in [1.165, 1.54) is 9.13 Å². The second kappa shape index (κ2) is 14.1. The first kappa shape index (κ1) is 30.1. The standard InChI is InChI=1S/C26H38N4O9/c1-26(2,3)39-24(33)27-9-10-35-11-12-36-13-14-37-15-16-38-18-5-6-19-21(17-18)29(4)25(34)30(19)20-7-8-22(31)28-23(20)32/h5-6,17,20H,7-16H2,1-4H3,(H,27,33)(H,28,31,32). The molecule has 0 bridgehead atoms. The van der Waals surface area contributed by atoms with Crippen LogP contribution in [0.4, 0.5) is 4.79 Å². The summed E-state index contributed by atoms with van der Waals surface area (Å²) in [5.41, 5.74) is 0.361. The Morgan fingerprint density at radius 1 is 0.974 bits per heavy atom. The third kappa shape index (κ3) is 9.08. The summed E-state index contributed by atoms with van der Waals surface area (Å²) in [5, 5.41) is 4.91. The van der Waals surface area contributed by atoms with Crippen molar-refractivity contribution in [3.8, 4) is 5.75 Å². The predicted octanol–water partition coefficient (Wildman–Crippen LogP) is 1.27. The topological polar surface area (TPSA) is 148 Å². The molecule has 1 fully saturated rings. The molecular formula is C26H38N4O9. The number of hydrogen-bond acceptors (Lipinski definition) is 9. The fourth-order valence-electron chi connectivity index (χ4n) is 3.96. The molecule has 3 rings (SSSR count). The van der Waals surface area contributed by atoms with Crippen LogP contribution in [-0.2, 0) is 35.6 Å². The summed E-state index contributed by atoms with van der Waals surface area (Å²) in [6, 6.07) is 4.48. The first-order valence-corrected chi connectivity index (χ1v) is 12.9. The number of imide groups is 1. The average molecular weight is 551 g/mol. The molecule has 13 heteroatoms. The van der Waals surface area contributed by atoms with Crippen molar-refractivity contribution in [2.24, 2.45) is 7.05 Å². The first-order valence-electron chi connectivity index (χ1n) is 12.9. The van der Waals surface area contributed by atoms with Gasteiger partial charge in [0, 0.05) is 26.1 Å². The van der Waals surface area contributed by atoms with Crippen molar-refractivity contribution in [3.63, 3.8) is 0 Å². The SMILES string of the molecule is Cn1c(=O)n(C2CCC(=O)NC2=O)c2ccc(OCCOCCOCCOCCNC(=O)OC(C)(C)C)cc21. The Balaban J connectivity index is 1.29. The summed E-state index contributed by atoms with van der Waals surface area (Å²) in [4.78, 5) is 48.1. The van der Waals surface area contributed by atoms with E-state index in [0.717, 1.165) is 0 Å². The van der Waals surface area contributed by atoms with Gasteiger partial charge in [0.2, 0.25) is 11.8 Å². The summed E-state index contributed by atoms with van der Waals surface area (Å²) in [6.45, 7) is 8.38. The Hall–Kier alpha value is -3.42. The molecule has 0 aliphatic carbocycles. The predicted molar refractivity (Wildman–Crippen MR) is 141 cm³/mol. The van der Waals surface area contributed by atoms with E-state index in [2.05, 4.69) is 10.6 Å². The van der Waals surface area contributed by atoms with Crippen molar-refractivity contribution in [1.29, 1.82) is 0 Å². The number of nitrogens with one attached hydrogen (secondary N) is 2. The highest BCUT2D eigenvalue weighted by atomic mass is 16.6. The van der Waals surface area contributed by atoms with Gasteiger partial charge in [0.15, 0.2) is 0 Å². The smallest absolute Gasteiger partial charge is 0.407 e. The van der Waals surface area contributed by atoms with Crippen molar-refractivity contribution < 1.29 is 38.1 Å². The van der Waals surface area contributed by atoms with E-state index in [-0.39, 0.29) is 24.4 Å². The van der Waals surface area contributed by atoms with Gasteiger partial charge in [-0.1, -0.05) is 0 Å². The van der Waals surface area contributed by atoms with Gasteiger partial charge < -0.3 is 29.0 Å². The van der Waals surface area contributed by atoms with Crippen LogP contribution >= 0.6 is 0 Å². The molecule has 3 amide bonds. The van der Waals surface area contributed by atoms with Gasteiger partial charge in [0.05, 0.1) is 50.7 Å². The van der Waals surface area contributed by atoms with Crippen LogP contribution in [0.3, 0.4) is 0 Å². The Kier molecular flexibility index (Phi) is 10.9. The molecular weight excluding hydrogens is 512 g/mol. The van der Waals surface area contributed by atoms with Crippen molar-refractivity contribution >= 4 is 28.9 Å². The zero-order chi connectivity index (χ0) is 28.4. The van der Waals surface area contributed by atoms with Crippen LogP contribution in [-0.4, -0.2) is 85.4 Å². The Morgan fingerprint density at radius 2 is 1.62 bits per heavy atom. The number of hydrogen-bond donors (Lipinski definition) is 2. The number of benzene rings is 1. The Bertz CT molecular complexity index is 1200. The number of aryl methyl sites for hydroxylation is 1. The Morgan fingerprint density at radius 3 is 2.26 bits per heavy atom. The van der Waals surface area contributed by atoms with Gasteiger partial charge in [-0.2, -0.15) is 0 Å². The quantitative estimate of drug-likeness (QED) is 0.262. The summed E-state index contributed by atoms with van der Waals surface area (Å²) in [6.07, 6.45) is -0.00367. The van der Waals surface area contributed by atoms with Gasteiger partial charge >= 0.3 is 11.8 Å². The van der Waals surface area contributed by atoms with E-state index < -0.39 is 23.6 Å². The monoisotopic (exact) mass is 550 g/mol. The number of aromatic nitrogens is 2. The van der Waals surface area contributed by atoms with Gasteiger partial charge in [0.1, 0.15) is 24.0 Å². The minimum atomic E-state index is -0.728. The molecule has 1 aliphatic rings. The van der Waals surface area contributed by atoms with Crippen LogP contribution in [0, 0.1) is 0 Å². The van der Waals surface area contributed by atoms with E-state index in [1.54, 1.807) is 46.0 Å². The number of rotatable bonds is 14. The molecule has 39 heavy (non-hydrogen) atoms. The van der Waals surface area contributed by atoms with Gasteiger partial charge in [-0.25, -0.2) is 9.59 Å². The second-order valence-corrected chi connectivity index (χ2v) is 9.94. The van der Waals surface area contributed by atoms with E-state index in [9.17, 15) is 19.2 Å². The van der Waals surface area contributed by atoms with Gasteiger partial charge in [-0.05, 0) is 39.3 Å². The lowest BCUT2D eigenvalue weighted by atomic mass is 10.1. The van der Waals surface area contributed by atoms with Crippen LogP contribution in [0.25, 0.3) is 11.0 Å². The molecule has 0 saturated carbocycles. The van der Waals surface area contributed by atoms with Gasteiger partial charge in [-0.15, -0.1) is 0 Å². The number of imidazole rings is 1. The Labute approximate surface area is 226 Å². The highest BCUT2D eigenvalue weighted by molar-refractivity contribution is 6.00. The lowest BCUT2D eigenvalue weighted by molar-refractivity contribution is -0.135.